The van der Waals surface area contributed by atoms with Crippen molar-refractivity contribution in [2.75, 3.05) is 12.8 Å². The summed E-state index contributed by atoms with van der Waals surface area (Å²) in [7, 11) is -1.87. The fourth-order valence-electron chi connectivity index (χ4n) is 2.50. The van der Waals surface area contributed by atoms with Crippen LogP contribution in [0.3, 0.4) is 0 Å². The summed E-state index contributed by atoms with van der Waals surface area (Å²) in [5.74, 6) is -0.352. The third kappa shape index (κ3) is 2.31. The first-order valence-corrected chi connectivity index (χ1v) is 8.16. The normalized spacial score (nSPS) is 17.9. The molecule has 3 rings (SSSR count). The van der Waals surface area contributed by atoms with Crippen LogP contribution in [0, 0.1) is 0 Å². The van der Waals surface area contributed by atoms with Gasteiger partial charge in [-0.05, 0) is 24.3 Å². The molecule has 0 radical (unpaired) electrons. The molecule has 0 saturated heterocycles. The summed E-state index contributed by atoms with van der Waals surface area (Å²) in [5.41, 5.74) is 1.01. The van der Waals surface area contributed by atoms with Crippen LogP contribution in [-0.2, 0) is 9.84 Å². The molecule has 21 heavy (non-hydrogen) atoms. The molecule has 1 amide bonds. The molecule has 1 aliphatic heterocycles. The zero-order valence-corrected chi connectivity index (χ0v) is 12.2. The molecule has 0 aliphatic carbocycles. The lowest BCUT2D eigenvalue weighted by Gasteiger charge is -2.19. The Morgan fingerprint density at radius 2 is 1.86 bits per heavy atom. The van der Waals surface area contributed by atoms with E-state index in [1.165, 1.54) is 4.90 Å². The Morgan fingerprint density at radius 1 is 1.14 bits per heavy atom. The highest BCUT2D eigenvalue weighted by atomic mass is 32.2. The molecule has 6 heteroatoms. The summed E-state index contributed by atoms with van der Waals surface area (Å²) < 4.78 is 25.0. The smallest absolute Gasteiger partial charge is 0.256 e. The molecule has 0 spiro atoms. The molecule has 0 saturated carbocycles. The highest BCUT2D eigenvalue weighted by Gasteiger charge is 2.38. The first kappa shape index (κ1) is 13.8. The summed E-state index contributed by atoms with van der Waals surface area (Å²) >= 11 is 0. The van der Waals surface area contributed by atoms with Crippen molar-refractivity contribution in [1.29, 1.82) is 0 Å². The Kier molecular flexibility index (Phi) is 3.25. The Labute approximate surface area is 123 Å². The molecule has 108 valence electrons. The second kappa shape index (κ2) is 4.96. The number of carbonyl (C=O) groups is 1. The fraction of sp³-hybridized carbons (Fsp3) is 0.200. The SMILES string of the molecule is CN1C(=O)c2cccnc2C1CS(=O)(=O)c1ccccc1. The van der Waals surface area contributed by atoms with E-state index in [-0.39, 0.29) is 16.6 Å². The number of hydrogen-bond acceptors (Lipinski definition) is 4. The number of benzene rings is 1. The van der Waals surface area contributed by atoms with Gasteiger partial charge in [0, 0.05) is 13.2 Å². The molecule has 1 aliphatic rings. The van der Waals surface area contributed by atoms with Gasteiger partial charge in [-0.15, -0.1) is 0 Å². The van der Waals surface area contributed by atoms with Crippen LogP contribution in [0.5, 0.6) is 0 Å². The topological polar surface area (TPSA) is 67.3 Å². The van der Waals surface area contributed by atoms with E-state index in [1.54, 1.807) is 55.7 Å². The molecule has 1 aromatic carbocycles. The first-order chi connectivity index (χ1) is 10.0. The zero-order chi connectivity index (χ0) is 15.0. The van der Waals surface area contributed by atoms with E-state index in [2.05, 4.69) is 4.98 Å². The number of aromatic nitrogens is 1. The van der Waals surface area contributed by atoms with Crippen LogP contribution in [0.2, 0.25) is 0 Å². The summed E-state index contributed by atoms with van der Waals surface area (Å²) in [4.78, 5) is 18.0. The molecule has 1 atom stereocenters. The van der Waals surface area contributed by atoms with Crippen molar-refractivity contribution < 1.29 is 13.2 Å². The van der Waals surface area contributed by atoms with Crippen molar-refractivity contribution in [2.45, 2.75) is 10.9 Å². The maximum atomic E-state index is 12.5. The van der Waals surface area contributed by atoms with E-state index in [4.69, 9.17) is 0 Å². The minimum Gasteiger partial charge on any atom is -0.332 e. The van der Waals surface area contributed by atoms with E-state index in [9.17, 15) is 13.2 Å². The number of fused-ring (bicyclic) bond motifs is 1. The van der Waals surface area contributed by atoms with Crippen molar-refractivity contribution in [3.05, 3.63) is 59.9 Å². The third-order valence-corrected chi connectivity index (χ3v) is 5.40. The van der Waals surface area contributed by atoms with E-state index in [0.29, 0.717) is 11.3 Å². The zero-order valence-electron chi connectivity index (χ0n) is 11.4. The maximum absolute atomic E-state index is 12.5. The van der Waals surface area contributed by atoms with Gasteiger partial charge in [0.25, 0.3) is 5.91 Å². The molecule has 2 heterocycles. The van der Waals surface area contributed by atoms with Gasteiger partial charge in [0.05, 0.1) is 27.9 Å². The molecule has 1 aromatic heterocycles. The average Bonchev–Trinajstić information content (AvgIpc) is 2.74. The highest BCUT2D eigenvalue weighted by Crippen LogP contribution is 2.32. The number of rotatable bonds is 3. The van der Waals surface area contributed by atoms with Crippen LogP contribution in [0.25, 0.3) is 0 Å². The second-order valence-electron chi connectivity index (χ2n) is 4.96. The lowest BCUT2D eigenvalue weighted by molar-refractivity contribution is 0.0785. The Hall–Kier alpha value is -2.21. The van der Waals surface area contributed by atoms with Gasteiger partial charge in [0.1, 0.15) is 0 Å². The van der Waals surface area contributed by atoms with Crippen LogP contribution in [0.4, 0.5) is 0 Å². The van der Waals surface area contributed by atoms with Gasteiger partial charge in [-0.25, -0.2) is 8.42 Å². The number of pyridine rings is 1. The van der Waals surface area contributed by atoms with Gasteiger partial charge >= 0.3 is 0 Å². The van der Waals surface area contributed by atoms with Crippen LogP contribution in [0.15, 0.2) is 53.6 Å². The molecule has 5 nitrogen and oxygen atoms in total. The molecule has 0 bridgehead atoms. The van der Waals surface area contributed by atoms with Gasteiger partial charge in [0.15, 0.2) is 9.84 Å². The monoisotopic (exact) mass is 302 g/mol. The summed E-state index contributed by atoms with van der Waals surface area (Å²) in [6.45, 7) is 0. The van der Waals surface area contributed by atoms with Crippen LogP contribution in [-0.4, -0.2) is 37.0 Å². The van der Waals surface area contributed by atoms with Crippen molar-refractivity contribution >= 4 is 15.7 Å². The van der Waals surface area contributed by atoms with Crippen molar-refractivity contribution in [3.8, 4) is 0 Å². The summed E-state index contributed by atoms with van der Waals surface area (Å²) in [5, 5.41) is 0. The first-order valence-electron chi connectivity index (χ1n) is 6.50. The molecule has 1 unspecified atom stereocenters. The van der Waals surface area contributed by atoms with Crippen LogP contribution >= 0.6 is 0 Å². The number of carbonyl (C=O) groups excluding carboxylic acids is 1. The molecule has 0 fully saturated rings. The van der Waals surface area contributed by atoms with Crippen molar-refractivity contribution in [2.24, 2.45) is 0 Å². The van der Waals surface area contributed by atoms with Gasteiger partial charge in [0.2, 0.25) is 0 Å². The van der Waals surface area contributed by atoms with E-state index in [0.717, 1.165) is 0 Å². The predicted molar refractivity (Wildman–Crippen MR) is 77.6 cm³/mol. The van der Waals surface area contributed by atoms with Gasteiger partial charge in [-0.3, -0.25) is 9.78 Å². The number of amides is 1. The second-order valence-corrected chi connectivity index (χ2v) is 7.00. The molecular weight excluding hydrogens is 288 g/mol. The predicted octanol–water partition coefficient (Wildman–Crippen LogP) is 1.68. The number of nitrogens with zero attached hydrogens (tertiary/aromatic N) is 2. The largest absolute Gasteiger partial charge is 0.332 e. The van der Waals surface area contributed by atoms with Gasteiger partial charge < -0.3 is 4.90 Å². The van der Waals surface area contributed by atoms with E-state index >= 15 is 0 Å². The van der Waals surface area contributed by atoms with Crippen LogP contribution in [0.1, 0.15) is 22.1 Å². The van der Waals surface area contributed by atoms with Crippen molar-refractivity contribution in [1.82, 2.24) is 9.88 Å². The molecule has 0 N–H and O–H groups in total. The number of hydrogen-bond donors (Lipinski definition) is 0. The quantitative estimate of drug-likeness (QED) is 0.865. The highest BCUT2D eigenvalue weighted by molar-refractivity contribution is 7.91. The molecule has 2 aromatic rings. The Morgan fingerprint density at radius 3 is 2.57 bits per heavy atom. The third-order valence-electron chi connectivity index (χ3n) is 3.65. The summed E-state index contributed by atoms with van der Waals surface area (Å²) in [6, 6.07) is 11.1. The van der Waals surface area contributed by atoms with E-state index in [1.807, 2.05) is 0 Å². The Balaban J connectivity index is 1.98. The molecular formula is C15H14N2O3S. The standard InChI is InChI=1S/C15H14N2O3S/c1-17-13(14-12(15(17)18)8-5-9-16-14)10-21(19,20)11-6-3-2-4-7-11/h2-9,13H,10H2,1H3. The fourth-order valence-corrected chi connectivity index (χ4v) is 4.06. The Bertz CT molecular complexity index is 788. The van der Waals surface area contributed by atoms with E-state index < -0.39 is 15.9 Å². The van der Waals surface area contributed by atoms with Crippen LogP contribution < -0.4 is 0 Å². The lowest BCUT2D eigenvalue weighted by atomic mass is 10.2. The lowest BCUT2D eigenvalue weighted by Crippen LogP contribution is -2.28. The maximum Gasteiger partial charge on any atom is 0.256 e. The van der Waals surface area contributed by atoms with Gasteiger partial charge in [-0.2, -0.15) is 0 Å². The number of sulfone groups is 1. The van der Waals surface area contributed by atoms with Gasteiger partial charge in [-0.1, -0.05) is 18.2 Å². The average molecular weight is 302 g/mol. The summed E-state index contributed by atoms with van der Waals surface area (Å²) in [6.07, 6.45) is 1.58. The minimum absolute atomic E-state index is 0.163. The van der Waals surface area contributed by atoms with Crippen molar-refractivity contribution in [3.63, 3.8) is 0 Å². The minimum atomic E-state index is -3.48.